The maximum Gasteiger partial charge on any atom is 0.349 e. The number of nitrogens with zero attached hydrogens (tertiary/aromatic N) is 3. The smallest absolute Gasteiger partial charge is 0.290 e. The van der Waals surface area contributed by atoms with Crippen LogP contribution in [0.5, 0.6) is 0 Å². The van der Waals surface area contributed by atoms with E-state index in [0.29, 0.717) is 11.5 Å². The van der Waals surface area contributed by atoms with Crippen LogP contribution in [-0.4, -0.2) is 24.9 Å². The van der Waals surface area contributed by atoms with E-state index in [1.54, 1.807) is 6.07 Å². The zero-order valence-corrected chi connectivity index (χ0v) is 6.71. The van der Waals surface area contributed by atoms with Crippen molar-refractivity contribution >= 4 is 23.2 Å². The molecule has 0 aromatic carbocycles. The zero-order chi connectivity index (χ0) is 8.55. The highest BCUT2D eigenvalue weighted by molar-refractivity contribution is 7.79. The summed E-state index contributed by atoms with van der Waals surface area (Å²) in [6.45, 7) is 0. The molecule has 0 aliphatic heterocycles. The average molecular weight is 180 g/mol. The standard InChI is InChI=1S/C6H4N4OS/c11-6-9-4(3-12)8-5-1-2-7-10(5)6/h1-3H,(H,8,9,11). The first kappa shape index (κ1) is 7.11. The molecule has 0 atom stereocenters. The van der Waals surface area contributed by atoms with Gasteiger partial charge in [0, 0.05) is 11.4 Å². The van der Waals surface area contributed by atoms with Gasteiger partial charge in [0.05, 0.1) is 6.20 Å². The third kappa shape index (κ3) is 0.928. The van der Waals surface area contributed by atoms with Crippen LogP contribution in [-0.2, 0) is 0 Å². The van der Waals surface area contributed by atoms with Crippen molar-refractivity contribution in [1.82, 2.24) is 19.6 Å². The van der Waals surface area contributed by atoms with E-state index < -0.39 is 0 Å². The van der Waals surface area contributed by atoms with E-state index in [2.05, 4.69) is 27.3 Å². The van der Waals surface area contributed by atoms with Gasteiger partial charge in [0.25, 0.3) is 0 Å². The molecule has 0 amide bonds. The van der Waals surface area contributed by atoms with Crippen LogP contribution < -0.4 is 5.69 Å². The second-order valence-corrected chi connectivity index (χ2v) is 2.38. The molecule has 2 rings (SSSR count). The van der Waals surface area contributed by atoms with Gasteiger partial charge in [-0.15, -0.1) is 0 Å². The number of nitrogens with one attached hydrogen (secondary N) is 1. The Labute approximate surface area is 72.1 Å². The first-order valence-electron chi connectivity index (χ1n) is 3.20. The minimum Gasteiger partial charge on any atom is -0.290 e. The van der Waals surface area contributed by atoms with Gasteiger partial charge in [-0.25, -0.2) is 9.78 Å². The first-order chi connectivity index (χ1) is 5.81. The van der Waals surface area contributed by atoms with Gasteiger partial charge >= 0.3 is 5.69 Å². The highest BCUT2D eigenvalue weighted by atomic mass is 32.1. The first-order valence-corrected chi connectivity index (χ1v) is 3.67. The van der Waals surface area contributed by atoms with Crippen LogP contribution in [0.1, 0.15) is 5.82 Å². The maximum absolute atomic E-state index is 11.2. The van der Waals surface area contributed by atoms with E-state index in [-0.39, 0.29) is 5.69 Å². The third-order valence-corrected chi connectivity index (χ3v) is 1.62. The van der Waals surface area contributed by atoms with E-state index in [4.69, 9.17) is 0 Å². The average Bonchev–Trinajstić information content (AvgIpc) is 2.52. The number of hydrogen-bond donors (Lipinski definition) is 1. The summed E-state index contributed by atoms with van der Waals surface area (Å²) in [6.07, 6.45) is 1.50. The fraction of sp³-hybridized carbons (Fsp3) is 0. The van der Waals surface area contributed by atoms with E-state index in [9.17, 15) is 4.79 Å². The van der Waals surface area contributed by atoms with Crippen molar-refractivity contribution in [2.24, 2.45) is 0 Å². The van der Waals surface area contributed by atoms with Gasteiger partial charge in [-0.2, -0.15) is 9.61 Å². The second-order valence-electron chi connectivity index (χ2n) is 2.15. The molecule has 6 heteroatoms. The summed E-state index contributed by atoms with van der Waals surface area (Å²) in [5, 5.41) is 5.07. The summed E-state index contributed by atoms with van der Waals surface area (Å²) in [7, 11) is 0. The lowest BCUT2D eigenvalue weighted by Crippen LogP contribution is -2.20. The van der Waals surface area contributed by atoms with Crippen LogP contribution in [0.25, 0.3) is 5.65 Å². The number of H-pyrrole nitrogens is 1. The molecule has 2 heterocycles. The topological polar surface area (TPSA) is 63.0 Å². The Hall–Kier alpha value is -1.56. The van der Waals surface area contributed by atoms with Crippen LogP contribution in [0, 0.1) is 0 Å². The molecule has 0 saturated carbocycles. The van der Waals surface area contributed by atoms with Gasteiger partial charge < -0.3 is 0 Å². The van der Waals surface area contributed by atoms with Crippen LogP contribution in [0.15, 0.2) is 17.1 Å². The molecule has 0 aliphatic carbocycles. The van der Waals surface area contributed by atoms with Crippen molar-refractivity contribution in [3.63, 3.8) is 0 Å². The van der Waals surface area contributed by atoms with Crippen LogP contribution in [0.4, 0.5) is 0 Å². The number of rotatable bonds is 1. The lowest BCUT2D eigenvalue weighted by molar-refractivity contribution is 0.837. The Bertz CT molecular complexity index is 485. The van der Waals surface area contributed by atoms with Crippen LogP contribution >= 0.6 is 12.2 Å². The monoisotopic (exact) mass is 180 g/mol. The summed E-state index contributed by atoms with van der Waals surface area (Å²) < 4.78 is 1.17. The highest BCUT2D eigenvalue weighted by Gasteiger charge is 1.99. The van der Waals surface area contributed by atoms with E-state index in [1.165, 1.54) is 16.1 Å². The molecule has 0 aliphatic rings. The largest absolute Gasteiger partial charge is 0.349 e. The van der Waals surface area contributed by atoms with Crippen molar-refractivity contribution in [3.8, 4) is 0 Å². The summed E-state index contributed by atoms with van der Waals surface area (Å²) in [5.74, 6) is 0.378. The summed E-state index contributed by atoms with van der Waals surface area (Å²) in [4.78, 5) is 17.6. The van der Waals surface area contributed by atoms with Crippen molar-refractivity contribution < 1.29 is 0 Å². The molecular weight excluding hydrogens is 176 g/mol. The van der Waals surface area contributed by atoms with Crippen LogP contribution in [0.3, 0.4) is 0 Å². The van der Waals surface area contributed by atoms with Gasteiger partial charge in [0.15, 0.2) is 5.65 Å². The summed E-state index contributed by atoms with van der Waals surface area (Å²) in [6, 6.07) is 1.64. The normalized spacial score (nSPS) is 10.3. The molecule has 0 bridgehead atoms. The molecule has 0 radical (unpaired) electrons. The molecule has 2 aromatic heterocycles. The fourth-order valence-electron chi connectivity index (χ4n) is 0.907. The minimum absolute atomic E-state index is 0.332. The van der Waals surface area contributed by atoms with Gasteiger partial charge in [-0.3, -0.25) is 4.98 Å². The Morgan fingerprint density at radius 1 is 1.67 bits per heavy atom. The predicted molar refractivity (Wildman–Crippen MR) is 46.4 cm³/mol. The van der Waals surface area contributed by atoms with E-state index in [1.807, 2.05) is 0 Å². The lowest BCUT2D eigenvalue weighted by atomic mass is 10.6. The molecule has 2 aromatic rings. The fourth-order valence-corrected chi connectivity index (χ4v) is 1.02. The van der Waals surface area contributed by atoms with Gasteiger partial charge in [0.2, 0.25) is 0 Å². The quantitative estimate of drug-likeness (QED) is 0.615. The number of hydrogen-bond acceptors (Lipinski definition) is 4. The summed E-state index contributed by atoms with van der Waals surface area (Å²) >= 11 is 4.63. The Morgan fingerprint density at radius 2 is 2.50 bits per heavy atom. The Balaban J connectivity index is 2.93. The zero-order valence-electron chi connectivity index (χ0n) is 5.89. The van der Waals surface area contributed by atoms with Crippen molar-refractivity contribution in [3.05, 3.63) is 28.6 Å². The molecule has 12 heavy (non-hydrogen) atoms. The summed E-state index contributed by atoms with van der Waals surface area (Å²) in [5.41, 5.74) is 0.163. The second kappa shape index (κ2) is 2.49. The van der Waals surface area contributed by atoms with Gasteiger partial charge in [-0.05, 0) is 0 Å². The van der Waals surface area contributed by atoms with Crippen molar-refractivity contribution in [2.75, 3.05) is 0 Å². The van der Waals surface area contributed by atoms with Crippen molar-refractivity contribution in [2.45, 2.75) is 0 Å². The van der Waals surface area contributed by atoms with Crippen LogP contribution in [0.2, 0.25) is 0 Å². The van der Waals surface area contributed by atoms with Gasteiger partial charge in [0.1, 0.15) is 5.82 Å². The van der Waals surface area contributed by atoms with E-state index in [0.717, 1.165) is 0 Å². The number of aromatic amines is 1. The molecule has 0 fully saturated rings. The van der Waals surface area contributed by atoms with E-state index >= 15 is 0 Å². The molecule has 1 N–H and O–H groups in total. The number of fused-ring (bicyclic) bond motifs is 1. The molecule has 0 saturated heterocycles. The minimum atomic E-state index is -0.332. The third-order valence-electron chi connectivity index (χ3n) is 1.40. The SMILES string of the molecule is O=c1[nH]c(C=S)nc2ccnn12. The molecule has 5 nitrogen and oxygen atoms in total. The lowest BCUT2D eigenvalue weighted by Gasteiger charge is -1.92. The predicted octanol–water partition coefficient (Wildman–Crippen LogP) is -0.235. The molecule has 60 valence electrons. The maximum atomic E-state index is 11.2. The highest BCUT2D eigenvalue weighted by Crippen LogP contribution is 1.91. The number of thiocarbonyl (C=S) groups is 1. The molecule has 0 spiro atoms. The molecule has 0 unspecified atom stereocenters. The Kier molecular flexibility index (Phi) is 1.47. The Morgan fingerprint density at radius 3 is 3.25 bits per heavy atom. The van der Waals surface area contributed by atoms with Crippen molar-refractivity contribution in [1.29, 1.82) is 0 Å². The molecular formula is C6H4N4OS. The number of aromatic nitrogens is 4. The van der Waals surface area contributed by atoms with Gasteiger partial charge in [-0.1, -0.05) is 12.2 Å².